The number of carbonyl (C=O) groups is 2. The van der Waals surface area contributed by atoms with Gasteiger partial charge in [-0.3, -0.25) is 14.5 Å². The zero-order valence-electron chi connectivity index (χ0n) is 12.6. The molecule has 2 aliphatic heterocycles. The summed E-state index contributed by atoms with van der Waals surface area (Å²) in [6, 6.07) is 0. The highest BCUT2D eigenvalue weighted by molar-refractivity contribution is 5.86. The molecule has 0 aromatic heterocycles. The van der Waals surface area contributed by atoms with E-state index in [2.05, 4.69) is 29.0 Å². The van der Waals surface area contributed by atoms with Crippen molar-refractivity contribution in [3.8, 4) is 0 Å². The fourth-order valence-corrected chi connectivity index (χ4v) is 2.79. The van der Waals surface area contributed by atoms with Crippen molar-refractivity contribution in [2.75, 3.05) is 58.9 Å². The lowest BCUT2D eigenvalue weighted by Gasteiger charge is -2.36. The molecule has 2 heterocycles. The molecule has 0 aliphatic carbocycles. The smallest absolute Gasteiger partial charge is 0.239 e. The van der Waals surface area contributed by atoms with Crippen molar-refractivity contribution in [1.29, 1.82) is 0 Å². The minimum absolute atomic E-state index is 0.0497. The molecular formula is C14H26N4O2. The quantitative estimate of drug-likeness (QED) is 0.735. The molecule has 114 valence electrons. The van der Waals surface area contributed by atoms with E-state index in [1.165, 1.54) is 0 Å². The van der Waals surface area contributed by atoms with E-state index in [0.29, 0.717) is 25.6 Å². The Hall–Kier alpha value is -1.14. The van der Waals surface area contributed by atoms with Crippen LogP contribution in [0.3, 0.4) is 0 Å². The van der Waals surface area contributed by atoms with Crippen LogP contribution >= 0.6 is 0 Å². The molecule has 1 N–H and O–H groups in total. The van der Waals surface area contributed by atoms with Gasteiger partial charge in [-0.1, -0.05) is 13.8 Å². The van der Waals surface area contributed by atoms with E-state index in [-0.39, 0.29) is 18.4 Å². The lowest BCUT2D eigenvalue weighted by molar-refractivity contribution is -0.139. The van der Waals surface area contributed by atoms with Crippen LogP contribution in [0.1, 0.15) is 13.8 Å². The van der Waals surface area contributed by atoms with Crippen LogP contribution in [-0.4, -0.2) is 85.4 Å². The monoisotopic (exact) mass is 282 g/mol. The molecule has 6 nitrogen and oxygen atoms in total. The normalized spacial score (nSPS) is 22.1. The van der Waals surface area contributed by atoms with Gasteiger partial charge in [0.05, 0.1) is 13.1 Å². The van der Waals surface area contributed by atoms with Crippen LogP contribution in [0.15, 0.2) is 0 Å². The van der Waals surface area contributed by atoms with E-state index in [0.717, 1.165) is 32.7 Å². The van der Waals surface area contributed by atoms with Gasteiger partial charge < -0.3 is 15.1 Å². The molecule has 2 saturated heterocycles. The molecule has 2 aliphatic rings. The second-order valence-electron chi connectivity index (χ2n) is 6.14. The third kappa shape index (κ3) is 4.45. The van der Waals surface area contributed by atoms with Crippen LogP contribution in [0.25, 0.3) is 0 Å². The molecular weight excluding hydrogens is 256 g/mol. The van der Waals surface area contributed by atoms with Crippen molar-refractivity contribution in [2.45, 2.75) is 13.8 Å². The van der Waals surface area contributed by atoms with Gasteiger partial charge in [0.2, 0.25) is 11.8 Å². The van der Waals surface area contributed by atoms with Crippen molar-refractivity contribution in [3.05, 3.63) is 0 Å². The average Bonchev–Trinajstić information content (AvgIpc) is 2.40. The largest absolute Gasteiger partial charge is 0.353 e. The molecule has 0 atom stereocenters. The first-order valence-corrected chi connectivity index (χ1v) is 7.54. The molecule has 2 rings (SSSR count). The number of carbonyl (C=O) groups excluding carboxylic acids is 2. The summed E-state index contributed by atoms with van der Waals surface area (Å²) in [5.74, 6) is 0.721. The van der Waals surface area contributed by atoms with Gasteiger partial charge in [0.1, 0.15) is 0 Å². The third-order valence-corrected chi connectivity index (χ3v) is 3.84. The Morgan fingerprint density at radius 1 is 1.15 bits per heavy atom. The summed E-state index contributed by atoms with van der Waals surface area (Å²) in [4.78, 5) is 29.8. The van der Waals surface area contributed by atoms with Gasteiger partial charge in [0.25, 0.3) is 0 Å². The second-order valence-corrected chi connectivity index (χ2v) is 6.14. The SMILES string of the molecule is CC(C)CN1CCN(CC(=O)N2CCNC(=O)C2)CC1. The Labute approximate surface area is 121 Å². The standard InChI is InChI=1S/C14H26N4O2/c1-12(2)9-16-5-7-17(8-6-16)11-14(20)18-4-3-15-13(19)10-18/h12H,3-11H2,1-2H3,(H,15,19). The van der Waals surface area contributed by atoms with E-state index in [1.54, 1.807) is 4.90 Å². The molecule has 0 aromatic carbocycles. The number of nitrogens with one attached hydrogen (secondary N) is 1. The zero-order valence-corrected chi connectivity index (χ0v) is 12.6. The number of piperazine rings is 2. The van der Waals surface area contributed by atoms with Crippen molar-refractivity contribution >= 4 is 11.8 Å². The van der Waals surface area contributed by atoms with Crippen molar-refractivity contribution in [1.82, 2.24) is 20.0 Å². The van der Waals surface area contributed by atoms with Gasteiger partial charge >= 0.3 is 0 Å². The Kier molecular flexibility index (Phi) is 5.37. The van der Waals surface area contributed by atoms with Crippen LogP contribution < -0.4 is 5.32 Å². The van der Waals surface area contributed by atoms with Gasteiger partial charge in [0.15, 0.2) is 0 Å². The summed E-state index contributed by atoms with van der Waals surface area (Å²) in [7, 11) is 0. The Balaban J connectivity index is 1.72. The molecule has 0 spiro atoms. The van der Waals surface area contributed by atoms with E-state index in [9.17, 15) is 9.59 Å². The predicted molar refractivity (Wildman–Crippen MR) is 77.3 cm³/mol. The maximum Gasteiger partial charge on any atom is 0.239 e. The molecule has 0 saturated carbocycles. The van der Waals surface area contributed by atoms with Crippen molar-refractivity contribution in [3.63, 3.8) is 0 Å². The number of rotatable bonds is 4. The third-order valence-electron chi connectivity index (χ3n) is 3.84. The fourth-order valence-electron chi connectivity index (χ4n) is 2.79. The van der Waals surface area contributed by atoms with E-state index >= 15 is 0 Å². The van der Waals surface area contributed by atoms with E-state index in [4.69, 9.17) is 0 Å². The van der Waals surface area contributed by atoms with Crippen LogP contribution in [0, 0.1) is 5.92 Å². The number of hydrogen-bond acceptors (Lipinski definition) is 4. The predicted octanol–water partition coefficient (Wildman–Crippen LogP) is -0.782. The maximum atomic E-state index is 12.2. The lowest BCUT2D eigenvalue weighted by Crippen LogP contribution is -2.54. The first-order chi connectivity index (χ1) is 9.54. The summed E-state index contributed by atoms with van der Waals surface area (Å²) in [6.07, 6.45) is 0. The first kappa shape index (κ1) is 15.3. The fraction of sp³-hybridized carbons (Fsp3) is 0.857. The van der Waals surface area contributed by atoms with Gasteiger partial charge in [-0.2, -0.15) is 0 Å². The van der Waals surface area contributed by atoms with Crippen molar-refractivity contribution < 1.29 is 9.59 Å². The first-order valence-electron chi connectivity index (χ1n) is 7.54. The summed E-state index contributed by atoms with van der Waals surface area (Å²) in [6.45, 7) is 11.4. The minimum atomic E-state index is -0.0497. The highest BCUT2D eigenvalue weighted by Crippen LogP contribution is 2.06. The molecule has 2 fully saturated rings. The molecule has 0 bridgehead atoms. The number of hydrogen-bond donors (Lipinski definition) is 1. The molecule has 0 radical (unpaired) electrons. The molecule has 6 heteroatoms. The summed E-state index contributed by atoms with van der Waals surface area (Å²) >= 11 is 0. The molecule has 0 aromatic rings. The lowest BCUT2D eigenvalue weighted by atomic mass is 10.2. The van der Waals surface area contributed by atoms with Crippen molar-refractivity contribution in [2.24, 2.45) is 5.92 Å². The maximum absolute atomic E-state index is 12.2. The second kappa shape index (κ2) is 7.04. The van der Waals surface area contributed by atoms with Gasteiger partial charge in [-0.25, -0.2) is 0 Å². The van der Waals surface area contributed by atoms with Gasteiger partial charge in [-0.05, 0) is 5.92 Å². The highest BCUT2D eigenvalue weighted by Gasteiger charge is 2.24. The zero-order chi connectivity index (χ0) is 14.5. The van der Waals surface area contributed by atoms with Crippen LogP contribution in [0.4, 0.5) is 0 Å². The molecule has 2 amide bonds. The van der Waals surface area contributed by atoms with Crippen LogP contribution in [0.5, 0.6) is 0 Å². The summed E-state index contributed by atoms with van der Waals surface area (Å²) in [5, 5.41) is 2.74. The average molecular weight is 282 g/mol. The Morgan fingerprint density at radius 3 is 2.40 bits per heavy atom. The summed E-state index contributed by atoms with van der Waals surface area (Å²) in [5.41, 5.74) is 0. The Bertz CT molecular complexity index is 351. The topological polar surface area (TPSA) is 55.9 Å². The Morgan fingerprint density at radius 2 is 1.80 bits per heavy atom. The minimum Gasteiger partial charge on any atom is -0.353 e. The number of amides is 2. The molecule has 0 unspecified atom stereocenters. The van der Waals surface area contributed by atoms with Gasteiger partial charge in [0, 0.05) is 45.8 Å². The van der Waals surface area contributed by atoms with E-state index < -0.39 is 0 Å². The van der Waals surface area contributed by atoms with Crippen LogP contribution in [0.2, 0.25) is 0 Å². The summed E-state index contributed by atoms with van der Waals surface area (Å²) < 4.78 is 0. The number of nitrogens with zero attached hydrogens (tertiary/aromatic N) is 3. The van der Waals surface area contributed by atoms with Crippen LogP contribution in [-0.2, 0) is 9.59 Å². The highest BCUT2D eigenvalue weighted by atomic mass is 16.2. The van der Waals surface area contributed by atoms with E-state index in [1.807, 2.05) is 0 Å². The van der Waals surface area contributed by atoms with Gasteiger partial charge in [-0.15, -0.1) is 0 Å². The molecule has 20 heavy (non-hydrogen) atoms.